The van der Waals surface area contributed by atoms with Gasteiger partial charge in [-0.1, -0.05) is 18.9 Å². The van der Waals surface area contributed by atoms with Gasteiger partial charge in [0.15, 0.2) is 0 Å². The lowest BCUT2D eigenvalue weighted by atomic mass is 9.93. The quantitative estimate of drug-likeness (QED) is 0.799. The summed E-state index contributed by atoms with van der Waals surface area (Å²) in [5, 5.41) is 8.00. The van der Waals surface area contributed by atoms with Crippen LogP contribution in [0.4, 0.5) is 6.01 Å². The Kier molecular flexibility index (Phi) is 2.65. The molecule has 5 nitrogen and oxygen atoms in total. The summed E-state index contributed by atoms with van der Waals surface area (Å²) in [6.07, 6.45) is 1.83. The van der Waals surface area contributed by atoms with Gasteiger partial charge in [0.2, 0.25) is 5.89 Å². The fourth-order valence-electron chi connectivity index (χ4n) is 1.87. The first kappa shape index (κ1) is 10.4. The number of nitrogens with zero attached hydrogens (tertiary/aromatic N) is 3. The number of nitrogens with two attached hydrogens (primary N) is 1. The van der Waals surface area contributed by atoms with Gasteiger partial charge in [0.25, 0.3) is 0 Å². The lowest BCUT2D eigenvalue weighted by Gasteiger charge is -2.17. The van der Waals surface area contributed by atoms with E-state index in [9.17, 15) is 0 Å². The first-order valence-corrected chi connectivity index (χ1v) is 5.38. The molecule has 1 aliphatic heterocycles. The van der Waals surface area contributed by atoms with Gasteiger partial charge in [-0.15, -0.1) is 5.10 Å². The summed E-state index contributed by atoms with van der Waals surface area (Å²) in [7, 11) is 0. The van der Waals surface area contributed by atoms with Gasteiger partial charge in [0, 0.05) is 26.1 Å². The summed E-state index contributed by atoms with van der Waals surface area (Å²) in [6.45, 7) is 7.04. The Labute approximate surface area is 89.6 Å². The second-order valence-corrected chi connectivity index (χ2v) is 4.85. The van der Waals surface area contributed by atoms with E-state index in [0.29, 0.717) is 30.3 Å². The molecule has 2 rings (SSSR count). The third kappa shape index (κ3) is 2.28. The van der Waals surface area contributed by atoms with Crippen molar-refractivity contribution in [2.75, 3.05) is 24.5 Å². The predicted molar refractivity (Wildman–Crippen MR) is 57.7 cm³/mol. The van der Waals surface area contributed by atoms with Gasteiger partial charge in [-0.25, -0.2) is 0 Å². The second kappa shape index (κ2) is 3.81. The van der Waals surface area contributed by atoms with Crippen LogP contribution in [0, 0.1) is 5.41 Å². The van der Waals surface area contributed by atoms with Crippen LogP contribution in [0.1, 0.15) is 26.2 Å². The van der Waals surface area contributed by atoms with Crippen LogP contribution in [0.5, 0.6) is 0 Å². The van der Waals surface area contributed by atoms with E-state index in [2.05, 4.69) is 28.9 Å². The van der Waals surface area contributed by atoms with Crippen molar-refractivity contribution in [3.63, 3.8) is 0 Å². The number of hydrogen-bond acceptors (Lipinski definition) is 5. The van der Waals surface area contributed by atoms with E-state index < -0.39 is 0 Å². The number of hydrogen-bond donors (Lipinski definition) is 1. The molecule has 1 fully saturated rings. The molecule has 1 aliphatic rings. The standard InChI is InChI=1S/C10H18N4O/c1-10(2)4-6-14(7-10)9-13-12-8(15-9)3-5-11/h3-7,11H2,1-2H3. The van der Waals surface area contributed by atoms with Crippen LogP contribution in [0.2, 0.25) is 0 Å². The van der Waals surface area contributed by atoms with Crippen LogP contribution < -0.4 is 10.6 Å². The average Bonchev–Trinajstić information content (AvgIpc) is 2.73. The molecule has 0 atom stereocenters. The summed E-state index contributed by atoms with van der Waals surface area (Å²) in [4.78, 5) is 2.15. The summed E-state index contributed by atoms with van der Waals surface area (Å²) < 4.78 is 5.52. The molecule has 5 heteroatoms. The molecule has 0 saturated carbocycles. The zero-order valence-corrected chi connectivity index (χ0v) is 9.36. The number of anilines is 1. The molecule has 1 aromatic rings. The van der Waals surface area contributed by atoms with Crippen molar-refractivity contribution in [2.45, 2.75) is 26.7 Å². The van der Waals surface area contributed by atoms with Crippen molar-refractivity contribution in [1.82, 2.24) is 10.2 Å². The minimum Gasteiger partial charge on any atom is -0.408 e. The third-order valence-corrected chi connectivity index (χ3v) is 2.76. The summed E-state index contributed by atoms with van der Waals surface area (Å²) in [6, 6.07) is 0.643. The van der Waals surface area contributed by atoms with Gasteiger partial charge in [0.05, 0.1) is 0 Å². The Morgan fingerprint density at radius 3 is 2.87 bits per heavy atom. The van der Waals surface area contributed by atoms with Crippen molar-refractivity contribution in [2.24, 2.45) is 11.1 Å². The third-order valence-electron chi connectivity index (χ3n) is 2.76. The smallest absolute Gasteiger partial charge is 0.318 e. The van der Waals surface area contributed by atoms with Crippen molar-refractivity contribution >= 4 is 6.01 Å². The highest BCUT2D eigenvalue weighted by Gasteiger charge is 2.31. The maximum absolute atomic E-state index is 5.52. The fourth-order valence-corrected chi connectivity index (χ4v) is 1.87. The largest absolute Gasteiger partial charge is 0.408 e. The summed E-state index contributed by atoms with van der Waals surface area (Å²) in [5.41, 5.74) is 5.77. The molecule has 0 bridgehead atoms. The monoisotopic (exact) mass is 210 g/mol. The molecule has 2 N–H and O–H groups in total. The zero-order chi connectivity index (χ0) is 10.9. The molecule has 0 aliphatic carbocycles. The van der Waals surface area contributed by atoms with Crippen LogP contribution >= 0.6 is 0 Å². The molecule has 0 aromatic carbocycles. The second-order valence-electron chi connectivity index (χ2n) is 4.85. The normalized spacial score (nSPS) is 19.8. The predicted octanol–water partition coefficient (Wildman–Crippen LogP) is 0.807. The average molecular weight is 210 g/mol. The van der Waals surface area contributed by atoms with E-state index in [1.54, 1.807) is 0 Å². The Morgan fingerprint density at radius 1 is 1.47 bits per heavy atom. The van der Waals surface area contributed by atoms with Gasteiger partial charge in [-0.2, -0.15) is 0 Å². The topological polar surface area (TPSA) is 68.2 Å². The van der Waals surface area contributed by atoms with Gasteiger partial charge in [-0.3, -0.25) is 0 Å². The molecule has 15 heavy (non-hydrogen) atoms. The Morgan fingerprint density at radius 2 is 2.27 bits per heavy atom. The van der Waals surface area contributed by atoms with E-state index in [1.165, 1.54) is 6.42 Å². The van der Waals surface area contributed by atoms with Crippen LogP contribution in [-0.4, -0.2) is 29.8 Å². The molecule has 0 spiro atoms. The van der Waals surface area contributed by atoms with E-state index in [1.807, 2.05) is 0 Å². The summed E-state index contributed by atoms with van der Waals surface area (Å²) >= 11 is 0. The van der Waals surface area contributed by atoms with E-state index in [-0.39, 0.29) is 0 Å². The van der Waals surface area contributed by atoms with Gasteiger partial charge < -0.3 is 15.1 Å². The fraction of sp³-hybridized carbons (Fsp3) is 0.800. The van der Waals surface area contributed by atoms with E-state index >= 15 is 0 Å². The first-order valence-electron chi connectivity index (χ1n) is 5.38. The Hall–Kier alpha value is -1.10. The number of aromatic nitrogens is 2. The molecule has 84 valence electrons. The molecular weight excluding hydrogens is 192 g/mol. The Bertz CT molecular complexity index is 334. The highest BCUT2D eigenvalue weighted by atomic mass is 16.4. The molecular formula is C10H18N4O. The minimum absolute atomic E-state index is 0.350. The molecule has 0 radical (unpaired) electrons. The van der Waals surface area contributed by atoms with Gasteiger partial charge >= 0.3 is 6.01 Å². The highest BCUT2D eigenvalue weighted by molar-refractivity contribution is 5.27. The lowest BCUT2D eigenvalue weighted by Crippen LogP contribution is -2.22. The molecule has 1 aromatic heterocycles. The minimum atomic E-state index is 0.350. The molecule has 1 saturated heterocycles. The zero-order valence-electron chi connectivity index (χ0n) is 9.36. The van der Waals surface area contributed by atoms with E-state index in [0.717, 1.165) is 13.1 Å². The maximum atomic E-state index is 5.52. The molecule has 0 amide bonds. The highest BCUT2D eigenvalue weighted by Crippen LogP contribution is 2.31. The Balaban J connectivity index is 2.04. The molecule has 2 heterocycles. The lowest BCUT2D eigenvalue weighted by molar-refractivity contribution is 0.413. The van der Waals surface area contributed by atoms with Crippen molar-refractivity contribution in [1.29, 1.82) is 0 Å². The molecule has 0 unspecified atom stereocenters. The van der Waals surface area contributed by atoms with Crippen molar-refractivity contribution < 1.29 is 4.42 Å². The maximum Gasteiger partial charge on any atom is 0.318 e. The van der Waals surface area contributed by atoms with E-state index in [4.69, 9.17) is 10.2 Å². The van der Waals surface area contributed by atoms with Crippen LogP contribution in [0.3, 0.4) is 0 Å². The van der Waals surface area contributed by atoms with Crippen molar-refractivity contribution in [3.05, 3.63) is 5.89 Å². The van der Waals surface area contributed by atoms with Gasteiger partial charge in [0.1, 0.15) is 0 Å². The van der Waals surface area contributed by atoms with Crippen LogP contribution in [0.15, 0.2) is 4.42 Å². The van der Waals surface area contributed by atoms with Crippen molar-refractivity contribution in [3.8, 4) is 0 Å². The van der Waals surface area contributed by atoms with Crippen LogP contribution in [-0.2, 0) is 6.42 Å². The number of rotatable bonds is 3. The summed E-state index contributed by atoms with van der Waals surface area (Å²) in [5.74, 6) is 0.636. The van der Waals surface area contributed by atoms with Crippen LogP contribution in [0.25, 0.3) is 0 Å². The SMILES string of the molecule is CC1(C)CCN(c2nnc(CCN)o2)C1. The van der Waals surface area contributed by atoms with Gasteiger partial charge in [-0.05, 0) is 11.8 Å². The first-order chi connectivity index (χ1) is 7.11.